The zero-order chi connectivity index (χ0) is 14.8. The number of carbonyl (C=O) groups is 1. The Bertz CT molecular complexity index is 479. The van der Waals surface area contributed by atoms with E-state index < -0.39 is 23.9 Å². The molecule has 20 heavy (non-hydrogen) atoms. The van der Waals surface area contributed by atoms with Crippen LogP contribution in [0.1, 0.15) is 17.1 Å². The lowest BCUT2D eigenvalue weighted by molar-refractivity contribution is -0.154. The summed E-state index contributed by atoms with van der Waals surface area (Å²) in [6.45, 7) is 2.58. The fourth-order valence-corrected chi connectivity index (χ4v) is 1.97. The van der Waals surface area contributed by atoms with Crippen LogP contribution in [-0.4, -0.2) is 31.7 Å². The highest BCUT2D eigenvalue weighted by Crippen LogP contribution is 2.33. The molecule has 1 unspecified atom stereocenters. The minimum absolute atomic E-state index is 0.0906. The molecule has 1 aliphatic heterocycles. The Hall–Kier alpha value is -1.54. The van der Waals surface area contributed by atoms with Crippen molar-refractivity contribution in [2.45, 2.75) is 25.7 Å². The summed E-state index contributed by atoms with van der Waals surface area (Å²) in [6.07, 6.45) is -5.25. The molecule has 1 aromatic rings. The van der Waals surface area contributed by atoms with Gasteiger partial charge in [0.1, 0.15) is 11.9 Å². The van der Waals surface area contributed by atoms with Gasteiger partial charge < -0.3 is 19.8 Å². The van der Waals surface area contributed by atoms with Crippen molar-refractivity contribution in [1.82, 2.24) is 10.6 Å². The molecule has 0 spiro atoms. The summed E-state index contributed by atoms with van der Waals surface area (Å²) in [4.78, 5) is 11.8. The largest absolute Gasteiger partial charge is 0.456 e. The molecule has 0 aromatic carbocycles. The standard InChI is InChI=1S/C12H15F3N2O3/c1-7-4-8(10(20-7)12(13,14)15)5-17-11(18)9-6-16-2-3-19-9/h4,9,16H,2-3,5-6H2,1H3,(H,17,18). The van der Waals surface area contributed by atoms with Crippen LogP contribution in [-0.2, 0) is 22.3 Å². The van der Waals surface area contributed by atoms with E-state index in [2.05, 4.69) is 15.1 Å². The molecule has 5 nitrogen and oxygen atoms in total. The van der Waals surface area contributed by atoms with Crippen molar-refractivity contribution in [3.63, 3.8) is 0 Å². The summed E-state index contributed by atoms with van der Waals surface area (Å²) in [5, 5.41) is 5.40. The van der Waals surface area contributed by atoms with Crippen LogP contribution in [0.15, 0.2) is 10.5 Å². The highest BCUT2D eigenvalue weighted by molar-refractivity contribution is 5.81. The Labute approximate surface area is 113 Å². The van der Waals surface area contributed by atoms with E-state index in [9.17, 15) is 18.0 Å². The minimum atomic E-state index is -4.57. The smallest absolute Gasteiger partial charge is 0.449 e. The Morgan fingerprint density at radius 2 is 2.30 bits per heavy atom. The number of halogens is 3. The third-order valence-electron chi connectivity index (χ3n) is 2.86. The molecule has 2 rings (SSSR count). The molecule has 0 aliphatic carbocycles. The van der Waals surface area contributed by atoms with Crippen LogP contribution in [0.2, 0.25) is 0 Å². The van der Waals surface area contributed by atoms with Crippen LogP contribution in [0.3, 0.4) is 0 Å². The normalized spacial score (nSPS) is 19.9. The predicted molar refractivity (Wildman–Crippen MR) is 62.9 cm³/mol. The number of furan rings is 1. The Morgan fingerprint density at radius 1 is 1.55 bits per heavy atom. The van der Waals surface area contributed by atoms with E-state index in [0.717, 1.165) is 0 Å². The van der Waals surface area contributed by atoms with Crippen LogP contribution in [0.5, 0.6) is 0 Å². The second-order valence-corrected chi connectivity index (χ2v) is 4.49. The van der Waals surface area contributed by atoms with Crippen molar-refractivity contribution in [2.24, 2.45) is 0 Å². The first-order valence-electron chi connectivity index (χ1n) is 6.14. The zero-order valence-electron chi connectivity index (χ0n) is 10.8. The van der Waals surface area contributed by atoms with Gasteiger partial charge in [-0.05, 0) is 13.0 Å². The number of hydrogen-bond acceptors (Lipinski definition) is 4. The van der Waals surface area contributed by atoms with Gasteiger partial charge in [-0.2, -0.15) is 13.2 Å². The number of alkyl halides is 3. The fourth-order valence-electron chi connectivity index (χ4n) is 1.97. The van der Waals surface area contributed by atoms with Crippen molar-refractivity contribution >= 4 is 5.91 Å². The van der Waals surface area contributed by atoms with Crippen molar-refractivity contribution in [2.75, 3.05) is 19.7 Å². The average Bonchev–Trinajstić information content (AvgIpc) is 2.78. The van der Waals surface area contributed by atoms with Gasteiger partial charge in [-0.25, -0.2) is 0 Å². The van der Waals surface area contributed by atoms with E-state index in [4.69, 9.17) is 4.74 Å². The van der Waals surface area contributed by atoms with Gasteiger partial charge in [-0.3, -0.25) is 4.79 Å². The molecular formula is C12H15F3N2O3. The predicted octanol–water partition coefficient (Wildman–Crippen LogP) is 1.21. The van der Waals surface area contributed by atoms with Crippen molar-refractivity contribution in [1.29, 1.82) is 0 Å². The Morgan fingerprint density at radius 3 is 2.90 bits per heavy atom. The topological polar surface area (TPSA) is 63.5 Å². The summed E-state index contributed by atoms with van der Waals surface area (Å²) >= 11 is 0. The lowest BCUT2D eigenvalue weighted by Crippen LogP contribution is -2.47. The van der Waals surface area contributed by atoms with E-state index in [0.29, 0.717) is 19.7 Å². The van der Waals surface area contributed by atoms with Gasteiger partial charge in [-0.15, -0.1) is 0 Å². The Balaban J connectivity index is 1.98. The number of hydrogen-bond donors (Lipinski definition) is 2. The monoisotopic (exact) mass is 292 g/mol. The molecule has 2 heterocycles. The number of amides is 1. The molecule has 0 radical (unpaired) electrons. The number of carbonyl (C=O) groups excluding carboxylic acids is 1. The third-order valence-corrected chi connectivity index (χ3v) is 2.86. The van der Waals surface area contributed by atoms with E-state index in [1.807, 2.05) is 0 Å². The molecule has 1 amide bonds. The van der Waals surface area contributed by atoms with Crippen LogP contribution >= 0.6 is 0 Å². The SMILES string of the molecule is Cc1cc(CNC(=O)C2CNCCO2)c(C(F)(F)F)o1. The summed E-state index contributed by atoms with van der Waals surface area (Å²) in [5.74, 6) is -1.36. The number of nitrogens with one attached hydrogen (secondary N) is 2. The van der Waals surface area contributed by atoms with Crippen LogP contribution in [0, 0.1) is 6.92 Å². The van der Waals surface area contributed by atoms with E-state index in [1.165, 1.54) is 13.0 Å². The molecule has 2 N–H and O–H groups in total. The summed E-state index contributed by atoms with van der Waals surface area (Å²) in [5.41, 5.74) is -0.0906. The zero-order valence-corrected chi connectivity index (χ0v) is 10.8. The van der Waals surface area contributed by atoms with Gasteiger partial charge >= 0.3 is 6.18 Å². The molecular weight excluding hydrogens is 277 g/mol. The maximum absolute atomic E-state index is 12.7. The Kier molecular flexibility index (Phi) is 4.34. The van der Waals surface area contributed by atoms with Gasteiger partial charge in [0, 0.05) is 25.2 Å². The first-order chi connectivity index (χ1) is 9.38. The molecule has 1 fully saturated rings. The summed E-state index contributed by atoms with van der Waals surface area (Å²) < 4.78 is 47.9. The summed E-state index contributed by atoms with van der Waals surface area (Å²) in [7, 11) is 0. The fraction of sp³-hybridized carbons (Fsp3) is 0.583. The average molecular weight is 292 g/mol. The quantitative estimate of drug-likeness (QED) is 0.879. The third kappa shape index (κ3) is 3.51. The second-order valence-electron chi connectivity index (χ2n) is 4.49. The first kappa shape index (κ1) is 14.9. The molecule has 8 heteroatoms. The van der Waals surface area contributed by atoms with Gasteiger partial charge in [0.25, 0.3) is 5.91 Å². The lowest BCUT2D eigenvalue weighted by Gasteiger charge is -2.22. The van der Waals surface area contributed by atoms with Crippen molar-refractivity contribution < 1.29 is 27.1 Å². The highest BCUT2D eigenvalue weighted by Gasteiger charge is 2.38. The molecule has 112 valence electrons. The van der Waals surface area contributed by atoms with Gasteiger partial charge in [0.2, 0.25) is 5.76 Å². The number of aryl methyl sites for hydroxylation is 1. The lowest BCUT2D eigenvalue weighted by atomic mass is 10.2. The maximum Gasteiger partial charge on any atom is 0.449 e. The van der Waals surface area contributed by atoms with Crippen LogP contribution < -0.4 is 10.6 Å². The van der Waals surface area contributed by atoms with Crippen LogP contribution in [0.4, 0.5) is 13.2 Å². The second kappa shape index (κ2) is 5.84. The minimum Gasteiger partial charge on any atom is -0.456 e. The van der Waals surface area contributed by atoms with E-state index >= 15 is 0 Å². The molecule has 0 bridgehead atoms. The number of morpholine rings is 1. The van der Waals surface area contributed by atoms with E-state index in [1.54, 1.807) is 0 Å². The summed E-state index contributed by atoms with van der Waals surface area (Å²) in [6, 6.07) is 1.27. The van der Waals surface area contributed by atoms with Gasteiger partial charge in [0.05, 0.1) is 6.61 Å². The van der Waals surface area contributed by atoms with Crippen molar-refractivity contribution in [3.05, 3.63) is 23.2 Å². The maximum atomic E-state index is 12.7. The van der Waals surface area contributed by atoms with Gasteiger partial charge in [-0.1, -0.05) is 0 Å². The molecule has 1 saturated heterocycles. The highest BCUT2D eigenvalue weighted by atomic mass is 19.4. The molecule has 1 atom stereocenters. The van der Waals surface area contributed by atoms with E-state index in [-0.39, 0.29) is 17.9 Å². The van der Waals surface area contributed by atoms with Crippen molar-refractivity contribution in [3.8, 4) is 0 Å². The number of ether oxygens (including phenoxy) is 1. The molecule has 1 aromatic heterocycles. The van der Waals surface area contributed by atoms with Gasteiger partial charge in [0.15, 0.2) is 0 Å². The molecule has 0 saturated carbocycles. The number of rotatable bonds is 3. The van der Waals surface area contributed by atoms with Crippen LogP contribution in [0.25, 0.3) is 0 Å². The first-order valence-corrected chi connectivity index (χ1v) is 6.14. The molecule has 1 aliphatic rings.